The molecule has 4 nitrogen and oxygen atoms in total. The summed E-state index contributed by atoms with van der Waals surface area (Å²) in [7, 11) is 0. The Labute approximate surface area is 146 Å². The number of hydrogen-bond donors (Lipinski definition) is 1. The highest BCUT2D eigenvalue weighted by molar-refractivity contribution is 9.12. The van der Waals surface area contributed by atoms with Crippen LogP contribution in [0.4, 0.5) is 0 Å². The van der Waals surface area contributed by atoms with Crippen LogP contribution in [0.15, 0.2) is 24.4 Å². The third-order valence-corrected chi connectivity index (χ3v) is 6.02. The molecule has 118 valence electrons. The molecule has 0 aliphatic heterocycles. The minimum Gasteiger partial charge on any atom is -0.461 e. The lowest BCUT2D eigenvalue weighted by atomic mass is 9.97. The number of nitrogens with zero attached hydrogens (tertiary/aromatic N) is 1. The lowest BCUT2D eigenvalue weighted by Crippen LogP contribution is -2.14. The number of H-pyrrole nitrogens is 1. The number of aromatic amines is 1. The van der Waals surface area contributed by atoms with Gasteiger partial charge in [-0.25, -0.2) is 9.78 Å². The summed E-state index contributed by atoms with van der Waals surface area (Å²) in [5.41, 5.74) is 3.61. The van der Waals surface area contributed by atoms with Gasteiger partial charge in [0, 0.05) is 10.9 Å². The molecule has 0 radical (unpaired) electrons. The first-order valence-corrected chi connectivity index (χ1v) is 8.89. The predicted molar refractivity (Wildman–Crippen MR) is 94.8 cm³/mol. The number of esters is 1. The molecule has 0 amide bonds. The van der Waals surface area contributed by atoms with Gasteiger partial charge in [0.15, 0.2) is 0 Å². The average molecular weight is 430 g/mol. The third-order valence-electron chi connectivity index (χ3n) is 3.41. The Hall–Kier alpha value is -1.14. The van der Waals surface area contributed by atoms with Gasteiger partial charge < -0.3 is 9.72 Å². The molecule has 2 rings (SSSR count). The minimum absolute atomic E-state index is 0.116. The Morgan fingerprint density at radius 2 is 2.18 bits per heavy atom. The van der Waals surface area contributed by atoms with Crippen molar-refractivity contribution in [2.24, 2.45) is 0 Å². The molecule has 1 aromatic heterocycles. The molecule has 22 heavy (non-hydrogen) atoms. The molecule has 0 bridgehead atoms. The molecule has 1 unspecified atom stereocenters. The monoisotopic (exact) mass is 428 g/mol. The van der Waals surface area contributed by atoms with Crippen LogP contribution < -0.4 is 0 Å². The maximum absolute atomic E-state index is 11.7. The molecule has 0 spiro atoms. The van der Waals surface area contributed by atoms with Crippen LogP contribution in [-0.2, 0) is 9.06 Å². The zero-order valence-electron chi connectivity index (χ0n) is 12.7. The van der Waals surface area contributed by atoms with E-state index in [1.807, 2.05) is 13.0 Å². The molecular formula is C16H18Br2N2O2. The molecule has 2 aromatic rings. The van der Waals surface area contributed by atoms with Gasteiger partial charge in [-0.15, -0.1) is 0 Å². The van der Waals surface area contributed by atoms with Crippen molar-refractivity contribution in [2.45, 2.75) is 25.1 Å². The van der Waals surface area contributed by atoms with Crippen molar-refractivity contribution in [2.75, 3.05) is 11.9 Å². The zero-order valence-corrected chi connectivity index (χ0v) is 15.9. The van der Waals surface area contributed by atoms with Gasteiger partial charge in [-0.2, -0.15) is 0 Å². The Kier molecular flexibility index (Phi) is 5.45. The Bertz CT molecular complexity index is 681. The van der Waals surface area contributed by atoms with Gasteiger partial charge in [0.05, 0.1) is 17.1 Å². The highest BCUT2D eigenvalue weighted by Crippen LogP contribution is 2.35. The fraction of sp³-hybridized carbons (Fsp3) is 0.375. The number of carbonyl (C=O) groups is 1. The Morgan fingerprint density at radius 3 is 2.77 bits per heavy atom. The Morgan fingerprint density at radius 1 is 1.45 bits per heavy atom. The zero-order chi connectivity index (χ0) is 16.3. The summed E-state index contributed by atoms with van der Waals surface area (Å²) in [5, 5.41) is 0.812. The SMILES string of the molecule is CCOC(=O)c1cnc(-c2ccc(C(C)(Br)CBr)cc2C)[nH]1. The summed E-state index contributed by atoms with van der Waals surface area (Å²) >= 11 is 7.23. The quantitative estimate of drug-likeness (QED) is 0.559. The van der Waals surface area contributed by atoms with Gasteiger partial charge >= 0.3 is 5.97 Å². The van der Waals surface area contributed by atoms with E-state index in [-0.39, 0.29) is 10.3 Å². The number of carbonyl (C=O) groups excluding carboxylic acids is 1. The lowest BCUT2D eigenvalue weighted by molar-refractivity contribution is 0.0520. The summed E-state index contributed by atoms with van der Waals surface area (Å²) in [6, 6.07) is 6.20. The second kappa shape index (κ2) is 6.96. The van der Waals surface area contributed by atoms with Crippen LogP contribution in [0.3, 0.4) is 0 Å². The minimum atomic E-state index is -0.386. The van der Waals surface area contributed by atoms with E-state index in [1.165, 1.54) is 11.8 Å². The van der Waals surface area contributed by atoms with Crippen molar-refractivity contribution in [3.8, 4) is 11.4 Å². The van der Waals surface area contributed by atoms with Gasteiger partial charge in [0.2, 0.25) is 0 Å². The summed E-state index contributed by atoms with van der Waals surface area (Å²) in [4.78, 5) is 19.0. The highest BCUT2D eigenvalue weighted by Gasteiger charge is 2.22. The van der Waals surface area contributed by atoms with Crippen LogP contribution in [0, 0.1) is 6.92 Å². The van der Waals surface area contributed by atoms with E-state index in [0.717, 1.165) is 16.5 Å². The van der Waals surface area contributed by atoms with Crippen LogP contribution in [0.1, 0.15) is 35.5 Å². The van der Waals surface area contributed by atoms with Crippen molar-refractivity contribution < 1.29 is 9.53 Å². The van der Waals surface area contributed by atoms with E-state index >= 15 is 0 Å². The standard InChI is InChI=1S/C16H18Br2N2O2/c1-4-22-15(21)13-8-19-14(20-13)12-6-5-11(7-10(12)2)16(3,18)9-17/h5-8H,4,9H2,1-3H3,(H,19,20). The van der Waals surface area contributed by atoms with Crippen LogP contribution >= 0.6 is 31.9 Å². The molecule has 0 aliphatic carbocycles. The first-order valence-electron chi connectivity index (χ1n) is 6.97. The van der Waals surface area contributed by atoms with Crippen molar-refractivity contribution in [3.05, 3.63) is 41.2 Å². The van der Waals surface area contributed by atoms with Crippen LogP contribution in [0.5, 0.6) is 0 Å². The number of aryl methyl sites for hydroxylation is 1. The number of aromatic nitrogens is 2. The summed E-state index contributed by atoms with van der Waals surface area (Å²) in [5.74, 6) is 0.282. The van der Waals surface area contributed by atoms with Gasteiger partial charge in [-0.3, -0.25) is 0 Å². The third kappa shape index (κ3) is 3.60. The summed E-state index contributed by atoms with van der Waals surface area (Å²) < 4.78 is 4.85. The largest absolute Gasteiger partial charge is 0.461 e. The predicted octanol–water partition coefficient (Wildman–Crippen LogP) is 4.57. The second-order valence-electron chi connectivity index (χ2n) is 5.23. The number of benzene rings is 1. The fourth-order valence-corrected chi connectivity index (χ4v) is 2.67. The summed E-state index contributed by atoms with van der Waals surface area (Å²) in [6.07, 6.45) is 1.51. The maximum atomic E-state index is 11.7. The normalized spacial score (nSPS) is 13.7. The molecular weight excluding hydrogens is 412 g/mol. The van der Waals surface area contributed by atoms with Crippen molar-refractivity contribution in [3.63, 3.8) is 0 Å². The summed E-state index contributed by atoms with van der Waals surface area (Å²) in [6.45, 7) is 6.27. The maximum Gasteiger partial charge on any atom is 0.356 e. The molecule has 1 aromatic carbocycles. The number of rotatable bonds is 5. The van der Waals surface area contributed by atoms with E-state index < -0.39 is 0 Å². The van der Waals surface area contributed by atoms with Crippen LogP contribution in [-0.4, -0.2) is 27.9 Å². The van der Waals surface area contributed by atoms with Gasteiger partial charge in [-0.05, 0) is 31.9 Å². The molecule has 0 aliphatic rings. The van der Waals surface area contributed by atoms with E-state index in [1.54, 1.807) is 6.92 Å². The average Bonchev–Trinajstić information content (AvgIpc) is 2.97. The Balaban J connectivity index is 2.32. The molecule has 0 saturated heterocycles. The van der Waals surface area contributed by atoms with Gasteiger partial charge in [0.25, 0.3) is 0 Å². The first-order chi connectivity index (χ1) is 10.4. The van der Waals surface area contributed by atoms with E-state index in [2.05, 4.69) is 60.9 Å². The molecule has 1 atom stereocenters. The van der Waals surface area contributed by atoms with E-state index in [4.69, 9.17) is 4.74 Å². The highest BCUT2D eigenvalue weighted by atomic mass is 79.9. The van der Waals surface area contributed by atoms with Crippen molar-refractivity contribution in [1.29, 1.82) is 0 Å². The second-order valence-corrected chi connectivity index (χ2v) is 7.54. The fourth-order valence-electron chi connectivity index (χ4n) is 2.10. The van der Waals surface area contributed by atoms with Crippen molar-refractivity contribution >= 4 is 37.8 Å². The van der Waals surface area contributed by atoms with Gasteiger partial charge in [0.1, 0.15) is 11.5 Å². The molecule has 1 heterocycles. The van der Waals surface area contributed by atoms with Crippen LogP contribution in [0.25, 0.3) is 11.4 Å². The number of imidazole rings is 1. The van der Waals surface area contributed by atoms with Gasteiger partial charge in [-0.1, -0.05) is 50.1 Å². The number of ether oxygens (including phenoxy) is 1. The number of hydrogen-bond acceptors (Lipinski definition) is 3. The van der Waals surface area contributed by atoms with Crippen molar-refractivity contribution in [1.82, 2.24) is 9.97 Å². The molecule has 1 N–H and O–H groups in total. The van der Waals surface area contributed by atoms with Crippen LogP contribution in [0.2, 0.25) is 0 Å². The number of alkyl halides is 2. The molecule has 6 heteroatoms. The molecule has 0 saturated carbocycles. The smallest absolute Gasteiger partial charge is 0.356 e. The lowest BCUT2D eigenvalue weighted by Gasteiger charge is -2.21. The first kappa shape index (κ1) is 17.2. The topological polar surface area (TPSA) is 55.0 Å². The number of halogens is 2. The van der Waals surface area contributed by atoms with E-state index in [9.17, 15) is 4.79 Å². The molecule has 0 fully saturated rings. The van der Waals surface area contributed by atoms with E-state index in [0.29, 0.717) is 18.1 Å². The number of nitrogens with one attached hydrogen (secondary N) is 1.